The Bertz CT molecular complexity index is 542. The molecule has 0 bridgehead atoms. The van der Waals surface area contributed by atoms with E-state index in [9.17, 15) is 0 Å². The van der Waals surface area contributed by atoms with E-state index in [1.807, 2.05) is 31.2 Å². The molecule has 18 heavy (non-hydrogen) atoms. The van der Waals surface area contributed by atoms with Gasteiger partial charge in [-0.1, -0.05) is 47.0 Å². The van der Waals surface area contributed by atoms with Crippen molar-refractivity contribution in [1.29, 1.82) is 0 Å². The van der Waals surface area contributed by atoms with E-state index in [2.05, 4.69) is 10.5 Å². The minimum absolute atomic E-state index is 0.581. The highest BCUT2D eigenvalue weighted by Gasteiger charge is 2.01. The predicted octanol–water partition coefficient (Wildman–Crippen LogP) is 4.75. The van der Waals surface area contributed by atoms with Crippen LogP contribution in [-0.2, 0) is 0 Å². The summed E-state index contributed by atoms with van der Waals surface area (Å²) in [6, 6.07) is 13.3. The van der Waals surface area contributed by atoms with Crippen LogP contribution in [0.1, 0.15) is 11.1 Å². The highest BCUT2D eigenvalue weighted by atomic mass is 35.5. The molecule has 92 valence electrons. The van der Waals surface area contributed by atoms with Crippen LogP contribution in [0.2, 0.25) is 10.0 Å². The molecule has 0 aliphatic heterocycles. The maximum atomic E-state index is 6.03. The van der Waals surface area contributed by atoms with E-state index >= 15 is 0 Å². The van der Waals surface area contributed by atoms with Gasteiger partial charge in [0.1, 0.15) is 0 Å². The number of hydrazone groups is 1. The lowest BCUT2D eigenvalue weighted by Crippen LogP contribution is -1.92. The molecule has 0 radical (unpaired) electrons. The zero-order valence-corrected chi connectivity index (χ0v) is 11.3. The topological polar surface area (TPSA) is 24.4 Å². The summed E-state index contributed by atoms with van der Waals surface area (Å²) in [7, 11) is 0. The molecule has 0 heterocycles. The lowest BCUT2D eigenvalue weighted by Gasteiger charge is -2.02. The van der Waals surface area contributed by atoms with Gasteiger partial charge in [0.25, 0.3) is 0 Å². The summed E-state index contributed by atoms with van der Waals surface area (Å²) in [4.78, 5) is 0. The molecule has 0 unspecified atom stereocenters. The Morgan fingerprint density at radius 2 is 1.61 bits per heavy atom. The summed E-state index contributed by atoms with van der Waals surface area (Å²) < 4.78 is 0. The van der Waals surface area contributed by atoms with Gasteiger partial charge in [0.15, 0.2) is 0 Å². The first-order chi connectivity index (χ1) is 8.66. The van der Waals surface area contributed by atoms with Gasteiger partial charge in [0, 0.05) is 5.56 Å². The van der Waals surface area contributed by atoms with Crippen LogP contribution in [0.4, 0.5) is 5.69 Å². The Hall–Kier alpha value is -1.51. The molecule has 0 atom stereocenters. The zero-order valence-electron chi connectivity index (χ0n) is 9.82. The zero-order chi connectivity index (χ0) is 13.0. The molecule has 0 amide bonds. The normalized spacial score (nSPS) is 10.8. The number of nitrogens with one attached hydrogen (secondary N) is 1. The smallest absolute Gasteiger partial charge is 0.0574 e. The van der Waals surface area contributed by atoms with Crippen molar-refractivity contribution in [2.24, 2.45) is 5.10 Å². The molecule has 2 nitrogen and oxygen atoms in total. The molecule has 2 aromatic rings. The van der Waals surface area contributed by atoms with Gasteiger partial charge in [0.05, 0.1) is 21.9 Å². The first kappa shape index (κ1) is 12.9. The summed E-state index contributed by atoms with van der Waals surface area (Å²) in [6.45, 7) is 2.04. The van der Waals surface area contributed by atoms with Gasteiger partial charge in [-0.25, -0.2) is 0 Å². The lowest BCUT2D eigenvalue weighted by molar-refractivity contribution is 1.34. The maximum absolute atomic E-state index is 6.03. The van der Waals surface area contributed by atoms with Gasteiger partial charge < -0.3 is 0 Å². The van der Waals surface area contributed by atoms with Crippen molar-refractivity contribution in [2.45, 2.75) is 6.92 Å². The first-order valence-electron chi connectivity index (χ1n) is 5.46. The van der Waals surface area contributed by atoms with Crippen molar-refractivity contribution in [3.05, 3.63) is 63.6 Å². The highest BCUT2D eigenvalue weighted by molar-refractivity contribution is 6.38. The Morgan fingerprint density at radius 3 is 2.22 bits per heavy atom. The quantitative estimate of drug-likeness (QED) is 0.636. The number of nitrogens with zero attached hydrogens (tertiary/aromatic N) is 1. The van der Waals surface area contributed by atoms with Crippen LogP contribution in [0.3, 0.4) is 0 Å². The molecule has 0 saturated heterocycles. The van der Waals surface area contributed by atoms with Crippen LogP contribution >= 0.6 is 23.2 Å². The summed E-state index contributed by atoms with van der Waals surface area (Å²) in [5.74, 6) is 0. The average molecular weight is 279 g/mol. The van der Waals surface area contributed by atoms with E-state index in [1.165, 1.54) is 5.56 Å². The average Bonchev–Trinajstić information content (AvgIpc) is 2.35. The largest absolute Gasteiger partial charge is 0.279 e. The molecular formula is C14H12Cl2N2. The summed E-state index contributed by atoms with van der Waals surface area (Å²) in [6.07, 6.45) is 1.62. The molecule has 0 aliphatic carbocycles. The van der Waals surface area contributed by atoms with E-state index < -0.39 is 0 Å². The second kappa shape index (κ2) is 5.89. The molecule has 0 fully saturated rings. The van der Waals surface area contributed by atoms with Crippen molar-refractivity contribution in [3.8, 4) is 0 Å². The second-order valence-electron chi connectivity index (χ2n) is 3.87. The SMILES string of the molecule is Cc1ccc(N/N=C\c2c(Cl)cccc2Cl)cc1. The van der Waals surface area contributed by atoms with Crippen LogP contribution < -0.4 is 5.43 Å². The number of benzene rings is 2. The fourth-order valence-corrected chi connectivity index (χ4v) is 1.93. The van der Waals surface area contributed by atoms with Crippen molar-refractivity contribution in [1.82, 2.24) is 0 Å². The third kappa shape index (κ3) is 3.25. The lowest BCUT2D eigenvalue weighted by atomic mass is 10.2. The van der Waals surface area contributed by atoms with Crippen LogP contribution in [0.15, 0.2) is 47.6 Å². The molecule has 0 spiro atoms. The second-order valence-corrected chi connectivity index (χ2v) is 4.69. The Labute approximate surface area is 116 Å². The Balaban J connectivity index is 2.10. The first-order valence-corrected chi connectivity index (χ1v) is 6.22. The molecule has 2 aromatic carbocycles. The number of rotatable bonds is 3. The van der Waals surface area contributed by atoms with Gasteiger partial charge in [-0.05, 0) is 31.2 Å². The molecule has 0 saturated carbocycles. The van der Waals surface area contributed by atoms with E-state index in [1.54, 1.807) is 24.4 Å². The van der Waals surface area contributed by atoms with E-state index in [-0.39, 0.29) is 0 Å². The van der Waals surface area contributed by atoms with Crippen molar-refractivity contribution >= 4 is 35.1 Å². The number of anilines is 1. The standard InChI is InChI=1S/C14H12Cl2N2/c1-10-5-7-11(8-6-10)18-17-9-12-13(15)3-2-4-14(12)16/h2-9,18H,1H3/b17-9-. The van der Waals surface area contributed by atoms with Gasteiger partial charge >= 0.3 is 0 Å². The third-order valence-corrected chi connectivity index (χ3v) is 3.10. The van der Waals surface area contributed by atoms with Gasteiger partial charge in [0.2, 0.25) is 0 Å². The summed E-state index contributed by atoms with van der Waals surface area (Å²) in [5.41, 5.74) is 5.76. The summed E-state index contributed by atoms with van der Waals surface area (Å²) >= 11 is 12.1. The molecule has 2 rings (SSSR count). The fraction of sp³-hybridized carbons (Fsp3) is 0.0714. The van der Waals surface area contributed by atoms with Crippen molar-refractivity contribution < 1.29 is 0 Å². The molecule has 1 N–H and O–H groups in total. The van der Waals surface area contributed by atoms with Crippen LogP contribution in [0.25, 0.3) is 0 Å². The molecule has 0 aromatic heterocycles. The van der Waals surface area contributed by atoms with Crippen molar-refractivity contribution in [2.75, 3.05) is 5.43 Å². The van der Waals surface area contributed by atoms with Crippen molar-refractivity contribution in [3.63, 3.8) is 0 Å². The van der Waals surface area contributed by atoms with E-state index in [0.29, 0.717) is 15.6 Å². The van der Waals surface area contributed by atoms with Crippen LogP contribution in [0.5, 0.6) is 0 Å². The highest BCUT2D eigenvalue weighted by Crippen LogP contribution is 2.22. The number of aryl methyl sites for hydroxylation is 1. The number of hydrogen-bond donors (Lipinski definition) is 1. The minimum Gasteiger partial charge on any atom is -0.279 e. The van der Waals surface area contributed by atoms with Crippen LogP contribution in [0, 0.1) is 6.92 Å². The van der Waals surface area contributed by atoms with Crippen LogP contribution in [-0.4, -0.2) is 6.21 Å². The Kier molecular flexibility index (Phi) is 4.24. The number of halogens is 2. The van der Waals surface area contributed by atoms with Gasteiger partial charge in [-0.15, -0.1) is 0 Å². The summed E-state index contributed by atoms with van der Waals surface area (Å²) in [5, 5.41) is 5.28. The Morgan fingerprint density at radius 1 is 1.00 bits per heavy atom. The molecular weight excluding hydrogens is 267 g/mol. The third-order valence-electron chi connectivity index (χ3n) is 2.44. The van der Waals surface area contributed by atoms with Gasteiger partial charge in [-0.2, -0.15) is 5.10 Å². The predicted molar refractivity (Wildman–Crippen MR) is 78.9 cm³/mol. The minimum atomic E-state index is 0.581. The molecule has 4 heteroatoms. The molecule has 0 aliphatic rings. The fourth-order valence-electron chi connectivity index (χ4n) is 1.43. The van der Waals surface area contributed by atoms with Gasteiger partial charge in [-0.3, -0.25) is 5.43 Å². The van der Waals surface area contributed by atoms with E-state index in [0.717, 1.165) is 5.69 Å². The van der Waals surface area contributed by atoms with E-state index in [4.69, 9.17) is 23.2 Å². The number of hydrogen-bond acceptors (Lipinski definition) is 2. The maximum Gasteiger partial charge on any atom is 0.0574 e. The monoisotopic (exact) mass is 278 g/mol.